The second kappa shape index (κ2) is 11.4. The van der Waals surface area contributed by atoms with E-state index in [0.29, 0.717) is 9.56 Å². The lowest BCUT2D eigenvalue weighted by Gasteiger charge is -2.09. The molecule has 0 saturated heterocycles. The minimum Gasteiger partial charge on any atom is -0.454 e. The summed E-state index contributed by atoms with van der Waals surface area (Å²) in [6.45, 7) is 1.26. The largest absolute Gasteiger partial charge is 0.454 e. The number of primary amides is 1. The number of aryl methyl sites for hydroxylation is 1. The van der Waals surface area contributed by atoms with Gasteiger partial charge in [0.25, 0.3) is 31.1 Å². The molecule has 0 aromatic carbocycles. The zero-order valence-corrected chi connectivity index (χ0v) is 23.3. The van der Waals surface area contributed by atoms with Crippen molar-refractivity contribution in [3.05, 3.63) is 73.7 Å². The van der Waals surface area contributed by atoms with Crippen LogP contribution in [0.2, 0.25) is 5.02 Å². The Hall–Kier alpha value is -3.89. The molecule has 17 heteroatoms. The maximum absolute atomic E-state index is 13.7. The second-order valence-corrected chi connectivity index (χ2v) is 11.4. The number of pyridine rings is 1. The first-order chi connectivity index (χ1) is 19.8. The van der Waals surface area contributed by atoms with E-state index < -0.39 is 59.7 Å². The Bertz CT molecular complexity index is 1830. The first-order valence-corrected chi connectivity index (χ1v) is 13.7. The number of amides is 2. The van der Waals surface area contributed by atoms with Gasteiger partial charge in [-0.2, -0.15) is 5.10 Å². The number of anilines is 1. The number of nitrogens with zero attached hydrogens (tertiary/aromatic N) is 3. The van der Waals surface area contributed by atoms with E-state index in [-0.39, 0.29) is 37.9 Å². The van der Waals surface area contributed by atoms with Crippen LogP contribution in [0, 0.1) is 6.92 Å². The van der Waals surface area contributed by atoms with Gasteiger partial charge in [-0.05, 0) is 37.3 Å². The van der Waals surface area contributed by atoms with Crippen molar-refractivity contribution in [2.75, 3.05) is 5.32 Å². The van der Waals surface area contributed by atoms with Crippen LogP contribution >= 0.6 is 34.3 Å². The van der Waals surface area contributed by atoms with E-state index in [9.17, 15) is 35.9 Å². The lowest BCUT2D eigenvalue weighted by molar-refractivity contribution is 0.0994. The lowest BCUT2D eigenvalue weighted by atomic mass is 10.1. The number of rotatable bonds is 9. The Morgan fingerprint density at radius 2 is 1.81 bits per heavy atom. The second-order valence-electron chi connectivity index (χ2n) is 8.72. The predicted molar refractivity (Wildman–Crippen MR) is 144 cm³/mol. The van der Waals surface area contributed by atoms with Crippen LogP contribution in [0.25, 0.3) is 20.7 Å². The molecule has 0 bridgehead atoms. The van der Waals surface area contributed by atoms with E-state index in [1.54, 1.807) is 12.1 Å². The van der Waals surface area contributed by atoms with E-state index in [0.717, 1.165) is 16.2 Å². The van der Waals surface area contributed by atoms with Gasteiger partial charge in [0, 0.05) is 20.7 Å². The summed E-state index contributed by atoms with van der Waals surface area (Å²) in [5, 5.41) is 5.29. The normalized spacial score (nSPS) is 11.9. The van der Waals surface area contributed by atoms with Gasteiger partial charge >= 0.3 is 0 Å². The fourth-order valence-electron chi connectivity index (χ4n) is 4.14. The highest BCUT2D eigenvalue weighted by Crippen LogP contribution is 2.44. The molecule has 2 amide bonds. The average molecular weight is 648 g/mol. The van der Waals surface area contributed by atoms with Gasteiger partial charge in [-0.1, -0.05) is 11.6 Å². The molecule has 0 aliphatic heterocycles. The quantitative estimate of drug-likeness (QED) is 0.157. The molecule has 0 atom stereocenters. The lowest BCUT2D eigenvalue weighted by Crippen LogP contribution is -2.16. The number of hydrogen-bond donors (Lipinski definition) is 2. The zero-order chi connectivity index (χ0) is 30.5. The maximum Gasteiger partial charge on any atom is 0.291 e. The number of alkyl halides is 6. The third-order valence-corrected chi connectivity index (χ3v) is 8.45. The summed E-state index contributed by atoms with van der Waals surface area (Å²) < 4.78 is 86.6. The molecular formula is C25H16ClF6N5O3S2. The Morgan fingerprint density at radius 3 is 2.40 bits per heavy atom. The molecule has 0 spiro atoms. The third kappa shape index (κ3) is 5.48. The number of carbonyl (C=O) groups is 2. The highest BCUT2D eigenvalue weighted by molar-refractivity contribution is 7.21. The molecule has 42 heavy (non-hydrogen) atoms. The highest BCUT2D eigenvalue weighted by Gasteiger charge is 2.29. The standard InChI is InChI=1S/C25H16ClF6N5O3S2/c1-8-2-5-13(41-8)10-6-11(20(27)28)34-25-14(10)16(19(42-25)23(33)38)35-24(39)12-4-3-9(40-12)7-37-18(22(31)32)15(26)17(36-37)21(29)30/h2-6,20-22H,7H2,1H3,(H2,33,38)(H,35,39). The van der Waals surface area contributed by atoms with Crippen molar-refractivity contribution < 1.29 is 40.3 Å². The molecule has 0 fully saturated rings. The minimum absolute atomic E-state index is 0.0306. The third-order valence-electron chi connectivity index (χ3n) is 5.93. The zero-order valence-electron chi connectivity index (χ0n) is 20.9. The summed E-state index contributed by atoms with van der Waals surface area (Å²) in [6.07, 6.45) is -9.35. The van der Waals surface area contributed by atoms with Crippen molar-refractivity contribution in [2.45, 2.75) is 32.7 Å². The van der Waals surface area contributed by atoms with Crippen LogP contribution in [0.1, 0.15) is 67.2 Å². The average Bonchev–Trinajstić information content (AvgIpc) is 3.69. The van der Waals surface area contributed by atoms with Crippen LogP contribution in [-0.2, 0) is 6.54 Å². The van der Waals surface area contributed by atoms with Crippen LogP contribution in [-0.4, -0.2) is 26.6 Å². The number of furan rings is 1. The summed E-state index contributed by atoms with van der Waals surface area (Å²) in [7, 11) is 0. The van der Waals surface area contributed by atoms with Crippen molar-refractivity contribution in [1.29, 1.82) is 0 Å². The van der Waals surface area contributed by atoms with Crippen LogP contribution in [0.15, 0.2) is 34.7 Å². The van der Waals surface area contributed by atoms with Gasteiger partial charge in [0.2, 0.25) is 0 Å². The van der Waals surface area contributed by atoms with Gasteiger partial charge in [-0.15, -0.1) is 22.7 Å². The summed E-state index contributed by atoms with van der Waals surface area (Å²) in [5.41, 5.74) is 3.23. The van der Waals surface area contributed by atoms with E-state index >= 15 is 0 Å². The number of halogens is 7. The Balaban J connectivity index is 1.52. The van der Waals surface area contributed by atoms with Crippen molar-refractivity contribution in [3.8, 4) is 10.4 Å². The summed E-state index contributed by atoms with van der Waals surface area (Å²) in [4.78, 5) is 30.8. The molecule has 220 valence electrons. The van der Waals surface area contributed by atoms with E-state index in [1.165, 1.54) is 29.5 Å². The van der Waals surface area contributed by atoms with Gasteiger partial charge in [-0.25, -0.2) is 31.3 Å². The van der Waals surface area contributed by atoms with Crippen molar-refractivity contribution in [3.63, 3.8) is 0 Å². The Labute approximate surface area is 244 Å². The fourth-order valence-corrected chi connectivity index (χ4v) is 6.35. The molecule has 0 aliphatic carbocycles. The molecule has 0 unspecified atom stereocenters. The molecule has 5 aromatic heterocycles. The molecule has 5 rings (SSSR count). The maximum atomic E-state index is 13.7. The number of nitrogens with two attached hydrogens (primary N) is 1. The van der Waals surface area contributed by atoms with Gasteiger partial charge in [0.15, 0.2) is 5.76 Å². The molecule has 8 nitrogen and oxygen atoms in total. The Morgan fingerprint density at radius 1 is 1.07 bits per heavy atom. The molecule has 5 aromatic rings. The first kappa shape index (κ1) is 29.6. The van der Waals surface area contributed by atoms with E-state index in [1.807, 2.05) is 6.92 Å². The number of nitrogens with one attached hydrogen (secondary N) is 1. The number of hydrogen-bond acceptors (Lipinski definition) is 7. The van der Waals surface area contributed by atoms with Gasteiger partial charge in [0.05, 0.1) is 17.3 Å². The van der Waals surface area contributed by atoms with Crippen LogP contribution in [0.5, 0.6) is 0 Å². The van der Waals surface area contributed by atoms with Gasteiger partial charge < -0.3 is 15.5 Å². The van der Waals surface area contributed by atoms with Crippen LogP contribution in [0.3, 0.4) is 0 Å². The summed E-state index contributed by atoms with van der Waals surface area (Å²) in [6, 6.07) is 7.05. The molecule has 0 radical (unpaired) electrons. The molecule has 3 N–H and O–H groups in total. The van der Waals surface area contributed by atoms with Crippen molar-refractivity contribution >= 4 is 62.0 Å². The van der Waals surface area contributed by atoms with Crippen molar-refractivity contribution in [1.82, 2.24) is 14.8 Å². The van der Waals surface area contributed by atoms with E-state index in [2.05, 4.69) is 15.4 Å². The van der Waals surface area contributed by atoms with E-state index in [4.69, 9.17) is 21.8 Å². The smallest absolute Gasteiger partial charge is 0.291 e. The molecule has 5 heterocycles. The SMILES string of the molecule is Cc1ccc(-c2cc(C(F)F)nc3sc(C(N)=O)c(NC(=O)c4ccc(Cn5nc(C(F)F)c(Cl)c5C(F)F)o4)c23)s1. The molecular weight excluding hydrogens is 632 g/mol. The summed E-state index contributed by atoms with van der Waals surface area (Å²) >= 11 is 7.69. The highest BCUT2D eigenvalue weighted by atomic mass is 35.5. The number of fused-ring (bicyclic) bond motifs is 1. The first-order valence-electron chi connectivity index (χ1n) is 11.7. The van der Waals surface area contributed by atoms with Gasteiger partial charge in [-0.3, -0.25) is 14.3 Å². The molecule has 0 aliphatic rings. The van der Waals surface area contributed by atoms with Crippen molar-refractivity contribution in [2.24, 2.45) is 5.73 Å². The predicted octanol–water partition coefficient (Wildman–Crippen LogP) is 7.99. The van der Waals surface area contributed by atoms with Crippen LogP contribution < -0.4 is 11.1 Å². The van der Waals surface area contributed by atoms with Gasteiger partial charge in [0.1, 0.15) is 32.5 Å². The Kier molecular flexibility index (Phi) is 8.04. The number of thiophene rings is 2. The topological polar surface area (TPSA) is 116 Å². The van der Waals surface area contributed by atoms with Crippen LogP contribution in [0.4, 0.5) is 32.0 Å². The fraction of sp³-hybridized carbons (Fsp3) is 0.200. The minimum atomic E-state index is -3.23. The molecule has 0 saturated carbocycles. The number of aromatic nitrogens is 3. The summed E-state index contributed by atoms with van der Waals surface area (Å²) in [5.74, 6) is -2.32. The monoisotopic (exact) mass is 647 g/mol. The number of carbonyl (C=O) groups excluding carboxylic acids is 2.